The van der Waals surface area contributed by atoms with Gasteiger partial charge in [0.15, 0.2) is 12.2 Å². The van der Waals surface area contributed by atoms with Crippen molar-refractivity contribution in [3.8, 4) is 10.6 Å². The molecule has 0 aliphatic carbocycles. The highest BCUT2D eigenvalue weighted by molar-refractivity contribution is 7.13. The van der Waals surface area contributed by atoms with E-state index < -0.39 is 0 Å². The molecule has 0 fully saturated rings. The van der Waals surface area contributed by atoms with Gasteiger partial charge in [0.1, 0.15) is 5.82 Å². The second-order valence-electron chi connectivity index (χ2n) is 4.53. The number of hydrogen-bond donors (Lipinski definition) is 0. The van der Waals surface area contributed by atoms with Gasteiger partial charge in [-0.1, -0.05) is 6.07 Å². The summed E-state index contributed by atoms with van der Waals surface area (Å²) in [6.07, 6.45) is 3.46. The number of carbonyl (C=O) groups excluding carboxylic acids is 1. The Morgan fingerprint density at radius 2 is 2.00 bits per heavy atom. The molecule has 3 nitrogen and oxygen atoms in total. The first-order chi connectivity index (χ1) is 10.2. The quantitative estimate of drug-likeness (QED) is 0.548. The summed E-state index contributed by atoms with van der Waals surface area (Å²) in [6.45, 7) is 0.184. The first-order valence-electron chi connectivity index (χ1n) is 6.40. The van der Waals surface area contributed by atoms with Crippen molar-refractivity contribution < 1.29 is 13.8 Å². The Balaban J connectivity index is 1.73. The van der Waals surface area contributed by atoms with E-state index in [-0.39, 0.29) is 18.1 Å². The zero-order chi connectivity index (χ0) is 14.7. The van der Waals surface area contributed by atoms with E-state index in [1.165, 1.54) is 24.3 Å². The van der Waals surface area contributed by atoms with Gasteiger partial charge in [-0.25, -0.2) is 8.96 Å². The van der Waals surface area contributed by atoms with Gasteiger partial charge >= 0.3 is 0 Å². The third kappa shape index (κ3) is 3.20. The molecule has 5 heteroatoms. The lowest BCUT2D eigenvalue weighted by Crippen LogP contribution is -2.37. The standard InChI is InChI=1S/C16H12FN2OS/c17-13-5-3-12(4-6-13)15(20)10-19-8-7-14(18-11-19)16-2-1-9-21-16/h1-9,11H,10H2/q+1. The SMILES string of the molecule is O=C(C[n+]1ccc(-c2cccs2)nc1)c1ccc(F)cc1. The smallest absolute Gasteiger partial charge is 0.287 e. The molecular formula is C16H12FN2OS+. The van der Waals surface area contributed by atoms with E-state index in [1.807, 2.05) is 29.8 Å². The van der Waals surface area contributed by atoms with Gasteiger partial charge in [0.25, 0.3) is 6.33 Å². The average Bonchev–Trinajstić information content (AvgIpc) is 3.03. The Kier molecular flexibility index (Phi) is 3.83. The Hall–Kier alpha value is -2.40. The average molecular weight is 299 g/mol. The topological polar surface area (TPSA) is 33.8 Å². The van der Waals surface area contributed by atoms with Crippen molar-refractivity contribution in [1.29, 1.82) is 0 Å². The van der Waals surface area contributed by atoms with Gasteiger partial charge in [0, 0.05) is 11.6 Å². The third-order valence-corrected chi connectivity index (χ3v) is 3.93. The largest absolute Gasteiger partial charge is 0.290 e. The number of thiophene rings is 1. The minimum Gasteiger partial charge on any atom is -0.290 e. The number of ketones is 1. The summed E-state index contributed by atoms with van der Waals surface area (Å²) < 4.78 is 14.5. The highest BCUT2D eigenvalue weighted by Crippen LogP contribution is 2.20. The van der Waals surface area contributed by atoms with Crippen LogP contribution >= 0.6 is 11.3 Å². The molecule has 0 aliphatic rings. The van der Waals surface area contributed by atoms with Crippen LogP contribution in [-0.4, -0.2) is 10.8 Å². The van der Waals surface area contributed by atoms with Crippen LogP contribution in [0.3, 0.4) is 0 Å². The van der Waals surface area contributed by atoms with Crippen molar-refractivity contribution in [2.45, 2.75) is 6.54 Å². The molecule has 3 aromatic rings. The number of nitrogens with zero attached hydrogens (tertiary/aromatic N) is 2. The highest BCUT2D eigenvalue weighted by Gasteiger charge is 2.12. The van der Waals surface area contributed by atoms with E-state index in [4.69, 9.17) is 0 Å². The van der Waals surface area contributed by atoms with E-state index in [0.29, 0.717) is 5.56 Å². The first-order valence-corrected chi connectivity index (χ1v) is 7.28. The molecule has 21 heavy (non-hydrogen) atoms. The molecule has 0 aliphatic heterocycles. The molecule has 0 N–H and O–H groups in total. The Morgan fingerprint density at radius 3 is 2.62 bits per heavy atom. The van der Waals surface area contributed by atoms with E-state index in [1.54, 1.807) is 22.2 Å². The number of hydrogen-bond acceptors (Lipinski definition) is 3. The van der Waals surface area contributed by atoms with Crippen LogP contribution in [0.25, 0.3) is 10.6 Å². The molecule has 0 atom stereocenters. The van der Waals surface area contributed by atoms with Crippen LogP contribution in [0.4, 0.5) is 4.39 Å². The number of aromatic nitrogens is 2. The fourth-order valence-electron chi connectivity index (χ4n) is 1.94. The van der Waals surface area contributed by atoms with Crippen molar-refractivity contribution in [3.63, 3.8) is 0 Å². The summed E-state index contributed by atoms with van der Waals surface area (Å²) in [5.74, 6) is -0.424. The summed E-state index contributed by atoms with van der Waals surface area (Å²) in [6, 6.07) is 11.4. The fraction of sp³-hybridized carbons (Fsp3) is 0.0625. The van der Waals surface area contributed by atoms with Gasteiger partial charge in [-0.2, -0.15) is 0 Å². The number of rotatable bonds is 4. The lowest BCUT2D eigenvalue weighted by molar-refractivity contribution is -0.686. The van der Waals surface area contributed by atoms with Crippen molar-refractivity contribution in [2.24, 2.45) is 0 Å². The first kappa shape index (κ1) is 13.6. The van der Waals surface area contributed by atoms with Crippen LogP contribution < -0.4 is 4.57 Å². The zero-order valence-electron chi connectivity index (χ0n) is 11.1. The molecule has 2 aromatic heterocycles. The minimum absolute atomic E-state index is 0.0781. The lowest BCUT2D eigenvalue weighted by atomic mass is 10.1. The van der Waals surface area contributed by atoms with Gasteiger partial charge in [0.2, 0.25) is 5.78 Å². The summed E-state index contributed by atoms with van der Waals surface area (Å²) >= 11 is 1.62. The summed E-state index contributed by atoms with van der Waals surface area (Å²) in [4.78, 5) is 17.5. The Morgan fingerprint density at radius 1 is 1.19 bits per heavy atom. The summed E-state index contributed by atoms with van der Waals surface area (Å²) in [5.41, 5.74) is 1.38. The number of Topliss-reactive ketones (excluding diaryl/α,β-unsaturated/α-hetero) is 1. The van der Waals surface area contributed by atoms with Crippen LogP contribution in [0, 0.1) is 5.82 Å². The number of benzene rings is 1. The van der Waals surface area contributed by atoms with E-state index in [9.17, 15) is 9.18 Å². The molecule has 0 saturated heterocycles. The molecule has 1 aromatic carbocycles. The molecule has 0 bridgehead atoms. The molecule has 0 spiro atoms. The highest BCUT2D eigenvalue weighted by atomic mass is 32.1. The maximum atomic E-state index is 12.8. The van der Waals surface area contributed by atoms with Gasteiger partial charge < -0.3 is 0 Å². The Bertz CT molecular complexity index is 737. The summed E-state index contributed by atoms with van der Waals surface area (Å²) in [7, 11) is 0. The van der Waals surface area contributed by atoms with Crippen LogP contribution in [0.1, 0.15) is 10.4 Å². The summed E-state index contributed by atoms with van der Waals surface area (Å²) in [5, 5.41) is 2.00. The van der Waals surface area contributed by atoms with E-state index in [0.717, 1.165) is 10.6 Å². The molecule has 104 valence electrons. The van der Waals surface area contributed by atoms with E-state index >= 15 is 0 Å². The second kappa shape index (κ2) is 5.93. The minimum atomic E-state index is -0.346. The van der Waals surface area contributed by atoms with Crippen molar-refractivity contribution in [1.82, 2.24) is 4.98 Å². The Labute approximate surface area is 125 Å². The molecule has 2 heterocycles. The molecule has 0 saturated carbocycles. The van der Waals surface area contributed by atoms with Gasteiger partial charge in [-0.15, -0.1) is 11.3 Å². The molecular weight excluding hydrogens is 287 g/mol. The second-order valence-corrected chi connectivity index (χ2v) is 5.47. The molecule has 0 unspecified atom stereocenters. The van der Waals surface area contributed by atoms with Crippen LogP contribution in [0.2, 0.25) is 0 Å². The van der Waals surface area contributed by atoms with E-state index in [2.05, 4.69) is 4.98 Å². The lowest BCUT2D eigenvalue weighted by Gasteiger charge is -2.00. The number of carbonyl (C=O) groups is 1. The number of halogens is 1. The fourth-order valence-corrected chi connectivity index (χ4v) is 2.64. The van der Waals surface area contributed by atoms with Crippen molar-refractivity contribution >= 4 is 17.1 Å². The maximum absolute atomic E-state index is 12.8. The molecule has 3 rings (SSSR count). The van der Waals surface area contributed by atoms with Crippen molar-refractivity contribution in [2.75, 3.05) is 0 Å². The van der Waals surface area contributed by atoms with Crippen molar-refractivity contribution in [3.05, 3.63) is 71.7 Å². The maximum Gasteiger partial charge on any atom is 0.287 e. The van der Waals surface area contributed by atoms with Gasteiger partial charge in [-0.3, -0.25) is 4.79 Å². The molecule has 0 radical (unpaired) electrons. The van der Waals surface area contributed by atoms with Crippen LogP contribution in [0.5, 0.6) is 0 Å². The van der Waals surface area contributed by atoms with Crippen LogP contribution in [0.15, 0.2) is 60.4 Å². The van der Waals surface area contributed by atoms with Gasteiger partial charge in [0.05, 0.1) is 11.1 Å². The third-order valence-electron chi connectivity index (χ3n) is 3.04. The van der Waals surface area contributed by atoms with Crippen LogP contribution in [-0.2, 0) is 6.54 Å². The molecule has 0 amide bonds. The zero-order valence-corrected chi connectivity index (χ0v) is 11.9. The normalized spacial score (nSPS) is 10.5. The predicted molar refractivity (Wildman–Crippen MR) is 78.5 cm³/mol. The monoisotopic (exact) mass is 299 g/mol. The van der Waals surface area contributed by atoms with Gasteiger partial charge in [-0.05, 0) is 40.7 Å². The predicted octanol–water partition coefficient (Wildman–Crippen LogP) is 3.12.